The summed E-state index contributed by atoms with van der Waals surface area (Å²) < 4.78 is 61.5. The van der Waals surface area contributed by atoms with E-state index in [1.807, 2.05) is 0 Å². The molecule has 1 amide bonds. The molecule has 1 aliphatic heterocycles. The van der Waals surface area contributed by atoms with E-state index in [0.717, 1.165) is 18.2 Å². The molecule has 0 saturated heterocycles. The Balaban J connectivity index is 2.21. The van der Waals surface area contributed by atoms with Gasteiger partial charge in [0, 0.05) is 16.7 Å². The zero-order valence-electron chi connectivity index (χ0n) is 16.8. The molecule has 9 heteroatoms. The molecule has 0 radical (unpaired) electrons. The quantitative estimate of drug-likeness (QED) is 0.566. The number of carbonyl (C=O) groups is 2. The van der Waals surface area contributed by atoms with E-state index in [2.05, 4.69) is 10.1 Å². The van der Waals surface area contributed by atoms with Crippen molar-refractivity contribution in [3.05, 3.63) is 65.5 Å². The van der Waals surface area contributed by atoms with Crippen LogP contribution < -0.4 is 10.1 Å². The number of rotatable bonds is 4. The van der Waals surface area contributed by atoms with E-state index in [0.29, 0.717) is 0 Å². The average molecular weight is 437 g/mol. The molecule has 1 heterocycles. The highest BCUT2D eigenvalue weighted by molar-refractivity contribution is 6.31. The molecule has 5 nitrogen and oxygen atoms in total. The topological polar surface area (TPSA) is 64.6 Å². The molecular weight excluding hydrogens is 418 g/mol. The summed E-state index contributed by atoms with van der Waals surface area (Å²) >= 11 is 0. The van der Waals surface area contributed by atoms with Crippen LogP contribution in [0.2, 0.25) is 0 Å². The summed E-state index contributed by atoms with van der Waals surface area (Å²) in [6.07, 6.45) is -6.44. The molecule has 31 heavy (non-hydrogen) atoms. The van der Waals surface area contributed by atoms with Crippen LogP contribution in [0.25, 0.3) is 11.1 Å². The van der Waals surface area contributed by atoms with Gasteiger partial charge in [-0.2, -0.15) is 0 Å². The van der Waals surface area contributed by atoms with Crippen LogP contribution in [0.4, 0.5) is 17.6 Å². The fourth-order valence-corrected chi connectivity index (χ4v) is 3.15. The molecule has 2 aromatic rings. The van der Waals surface area contributed by atoms with Gasteiger partial charge in [0.1, 0.15) is 11.6 Å². The van der Waals surface area contributed by atoms with Gasteiger partial charge in [-0.3, -0.25) is 4.79 Å². The third kappa shape index (κ3) is 5.22. The summed E-state index contributed by atoms with van der Waals surface area (Å²) in [6.45, 7) is 5.16. The summed E-state index contributed by atoms with van der Waals surface area (Å²) in [4.78, 5) is 25.6. The summed E-state index contributed by atoms with van der Waals surface area (Å²) in [5.74, 6) is -2.85. The van der Waals surface area contributed by atoms with E-state index < -0.39 is 41.4 Å². The second kappa shape index (κ2) is 8.05. The molecule has 1 atom stereocenters. The van der Waals surface area contributed by atoms with Gasteiger partial charge in [-0.1, -0.05) is 30.3 Å². The summed E-state index contributed by atoms with van der Waals surface area (Å²) in [5.41, 5.74) is -0.865. The lowest BCUT2D eigenvalue weighted by Gasteiger charge is -2.23. The van der Waals surface area contributed by atoms with Crippen molar-refractivity contribution in [1.82, 2.24) is 5.32 Å². The molecule has 0 bridgehead atoms. The molecule has 0 fully saturated rings. The number of hydrogen-bond acceptors (Lipinski definition) is 4. The normalized spacial score (nSPS) is 16.9. The maximum absolute atomic E-state index is 13.5. The van der Waals surface area contributed by atoms with Gasteiger partial charge in [0.25, 0.3) is 5.91 Å². The highest BCUT2D eigenvalue weighted by atomic mass is 19.4. The van der Waals surface area contributed by atoms with Crippen molar-refractivity contribution in [2.24, 2.45) is 0 Å². The molecule has 0 saturated carbocycles. The smallest absolute Gasteiger partial charge is 0.444 e. The van der Waals surface area contributed by atoms with Crippen molar-refractivity contribution in [2.45, 2.75) is 38.8 Å². The lowest BCUT2D eigenvalue weighted by Crippen LogP contribution is -2.46. The second-order valence-corrected chi connectivity index (χ2v) is 7.86. The van der Waals surface area contributed by atoms with Gasteiger partial charge < -0.3 is 14.8 Å². The van der Waals surface area contributed by atoms with Crippen molar-refractivity contribution >= 4 is 23.0 Å². The van der Waals surface area contributed by atoms with Crippen LogP contribution in [0.3, 0.4) is 0 Å². The van der Waals surface area contributed by atoms with E-state index in [4.69, 9.17) is 4.74 Å². The zero-order chi connectivity index (χ0) is 23.0. The largest absolute Gasteiger partial charge is 0.573 e. The predicted octanol–water partition coefficient (Wildman–Crippen LogP) is 4.48. The van der Waals surface area contributed by atoms with Gasteiger partial charge in [-0.05, 0) is 44.5 Å². The van der Waals surface area contributed by atoms with E-state index >= 15 is 0 Å². The molecule has 1 aliphatic rings. The fraction of sp³-hybridized carbons (Fsp3) is 0.273. The minimum atomic E-state index is -5.00. The van der Waals surface area contributed by atoms with Crippen LogP contribution in [-0.2, 0) is 14.3 Å². The van der Waals surface area contributed by atoms with E-state index in [-0.39, 0.29) is 22.3 Å². The molecule has 1 unspecified atom stereocenters. The molecule has 0 spiro atoms. The molecule has 1 N–H and O–H groups in total. The lowest BCUT2D eigenvalue weighted by molar-refractivity contribution is -0.274. The summed E-state index contributed by atoms with van der Waals surface area (Å²) in [5, 5.41) is 2.68. The van der Waals surface area contributed by atoms with Gasteiger partial charge in [0.05, 0.1) is 5.57 Å². The highest BCUT2D eigenvalue weighted by Crippen LogP contribution is 2.41. The number of cyclic esters (lactones) is 1. The number of carbonyl (C=O) groups excluding carboxylic acids is 2. The molecule has 3 rings (SSSR count). The standard InChI is InChI=1S/C22H19F4NO4/c1-21(2,3)27-19(28)18-16(12-8-10-13(23)11-9-12)17(20(29)30-18)14-6-4-5-7-15(14)31-22(24,25)26/h4-11,18H,1-3H3,(H,27,28). The Morgan fingerprint density at radius 2 is 1.65 bits per heavy atom. The zero-order valence-corrected chi connectivity index (χ0v) is 16.8. The van der Waals surface area contributed by atoms with Gasteiger partial charge in [0.2, 0.25) is 6.10 Å². The van der Waals surface area contributed by atoms with Crippen molar-refractivity contribution in [1.29, 1.82) is 0 Å². The Labute approximate surface area is 175 Å². The Bertz CT molecular complexity index is 1040. The number of esters is 1. The number of amides is 1. The third-order valence-corrected chi connectivity index (χ3v) is 4.23. The Kier molecular flexibility index (Phi) is 5.80. The number of ether oxygens (including phenoxy) is 2. The molecular formula is C22H19F4NO4. The van der Waals surface area contributed by atoms with Crippen LogP contribution in [0.15, 0.2) is 48.5 Å². The average Bonchev–Trinajstić information content (AvgIpc) is 2.97. The summed E-state index contributed by atoms with van der Waals surface area (Å²) in [7, 11) is 0. The van der Waals surface area contributed by atoms with Gasteiger partial charge in [-0.15, -0.1) is 13.2 Å². The maximum Gasteiger partial charge on any atom is 0.573 e. The lowest BCUT2D eigenvalue weighted by atomic mass is 9.91. The Morgan fingerprint density at radius 1 is 1.03 bits per heavy atom. The summed E-state index contributed by atoms with van der Waals surface area (Å²) in [6, 6.07) is 9.89. The van der Waals surface area contributed by atoms with Crippen molar-refractivity contribution in [3.63, 3.8) is 0 Å². The van der Waals surface area contributed by atoms with Crippen LogP contribution in [0.1, 0.15) is 31.9 Å². The number of benzene rings is 2. The van der Waals surface area contributed by atoms with Gasteiger partial charge >= 0.3 is 12.3 Å². The second-order valence-electron chi connectivity index (χ2n) is 7.86. The molecule has 2 aromatic carbocycles. The van der Waals surface area contributed by atoms with Gasteiger partial charge in [0.15, 0.2) is 0 Å². The van der Waals surface area contributed by atoms with Crippen LogP contribution >= 0.6 is 0 Å². The van der Waals surface area contributed by atoms with Crippen molar-refractivity contribution in [3.8, 4) is 5.75 Å². The van der Waals surface area contributed by atoms with E-state index in [1.54, 1.807) is 20.8 Å². The molecule has 0 aliphatic carbocycles. The van der Waals surface area contributed by atoms with Gasteiger partial charge in [-0.25, -0.2) is 9.18 Å². The number of nitrogens with one attached hydrogen (secondary N) is 1. The fourth-order valence-electron chi connectivity index (χ4n) is 3.15. The first-order valence-corrected chi connectivity index (χ1v) is 9.24. The first kappa shape index (κ1) is 22.3. The Morgan fingerprint density at radius 3 is 2.23 bits per heavy atom. The van der Waals surface area contributed by atoms with Crippen molar-refractivity contribution < 1.29 is 36.6 Å². The first-order chi connectivity index (χ1) is 14.4. The minimum absolute atomic E-state index is 0.0185. The SMILES string of the molecule is CC(C)(C)NC(=O)C1OC(=O)C(c2ccccc2OC(F)(F)F)=C1c1ccc(F)cc1. The third-order valence-electron chi connectivity index (χ3n) is 4.23. The van der Waals surface area contributed by atoms with Crippen LogP contribution in [0.5, 0.6) is 5.75 Å². The van der Waals surface area contributed by atoms with Crippen LogP contribution in [0, 0.1) is 5.82 Å². The number of alkyl halides is 3. The minimum Gasteiger partial charge on any atom is -0.444 e. The van der Waals surface area contributed by atoms with E-state index in [1.165, 1.54) is 30.3 Å². The molecule has 164 valence electrons. The van der Waals surface area contributed by atoms with Crippen LogP contribution in [-0.4, -0.2) is 29.9 Å². The van der Waals surface area contributed by atoms with Crippen molar-refractivity contribution in [2.75, 3.05) is 0 Å². The number of halogens is 4. The number of hydrogen-bond donors (Lipinski definition) is 1. The molecule has 0 aromatic heterocycles. The maximum atomic E-state index is 13.5. The monoisotopic (exact) mass is 437 g/mol. The Hall–Kier alpha value is -3.36. The number of para-hydroxylation sites is 1. The predicted molar refractivity (Wildman–Crippen MR) is 104 cm³/mol. The highest BCUT2D eigenvalue weighted by Gasteiger charge is 2.42. The van der Waals surface area contributed by atoms with E-state index in [9.17, 15) is 27.2 Å². The first-order valence-electron chi connectivity index (χ1n) is 9.24.